The van der Waals surface area contributed by atoms with Gasteiger partial charge in [0, 0.05) is 25.7 Å². The minimum Gasteiger partial charge on any atom is -0.497 e. The zero-order valence-electron chi connectivity index (χ0n) is 12.4. The van der Waals surface area contributed by atoms with Gasteiger partial charge in [-0.15, -0.1) is 0 Å². The van der Waals surface area contributed by atoms with Crippen molar-refractivity contribution in [1.29, 1.82) is 0 Å². The van der Waals surface area contributed by atoms with Crippen molar-refractivity contribution in [2.45, 2.75) is 12.1 Å². The predicted octanol–water partition coefficient (Wildman–Crippen LogP) is 1.20. The number of nitrogens with zero attached hydrogens (tertiary/aromatic N) is 2. The van der Waals surface area contributed by atoms with Gasteiger partial charge in [-0.1, -0.05) is 12.1 Å². The number of hydrogen-bond acceptors (Lipinski definition) is 4. The van der Waals surface area contributed by atoms with Crippen molar-refractivity contribution in [1.82, 2.24) is 15.1 Å². The lowest BCUT2D eigenvalue weighted by Crippen LogP contribution is -2.54. The molecule has 2 atom stereocenters. The fraction of sp³-hybridized carbons (Fsp3) is 0.600. The van der Waals surface area contributed by atoms with E-state index in [9.17, 15) is 0 Å². The summed E-state index contributed by atoms with van der Waals surface area (Å²) in [7, 11) is 8.18. The fourth-order valence-electron chi connectivity index (χ4n) is 2.84. The Morgan fingerprint density at radius 2 is 2.00 bits per heavy atom. The number of likely N-dealkylation sites (N-methyl/N-ethyl adjacent to an activating group) is 2. The summed E-state index contributed by atoms with van der Waals surface area (Å²) in [6.45, 7) is 3.26. The summed E-state index contributed by atoms with van der Waals surface area (Å²) in [6, 6.07) is 9.26. The largest absolute Gasteiger partial charge is 0.497 e. The van der Waals surface area contributed by atoms with Gasteiger partial charge in [-0.05, 0) is 38.8 Å². The first-order valence-electron chi connectivity index (χ1n) is 6.84. The summed E-state index contributed by atoms with van der Waals surface area (Å²) in [5.41, 5.74) is 1.33. The average molecular weight is 263 g/mol. The van der Waals surface area contributed by atoms with Crippen LogP contribution in [0.4, 0.5) is 0 Å². The number of nitrogens with one attached hydrogen (secondary N) is 1. The Morgan fingerprint density at radius 1 is 1.32 bits per heavy atom. The second kappa shape index (κ2) is 6.37. The summed E-state index contributed by atoms with van der Waals surface area (Å²) >= 11 is 0. The molecule has 1 aromatic rings. The molecule has 1 aliphatic rings. The zero-order valence-corrected chi connectivity index (χ0v) is 12.4. The molecule has 4 heteroatoms. The van der Waals surface area contributed by atoms with Crippen LogP contribution in [0.25, 0.3) is 0 Å². The van der Waals surface area contributed by atoms with Crippen LogP contribution in [0.5, 0.6) is 5.75 Å². The van der Waals surface area contributed by atoms with E-state index in [1.165, 1.54) is 5.56 Å². The van der Waals surface area contributed by atoms with Gasteiger partial charge in [-0.2, -0.15) is 0 Å². The topological polar surface area (TPSA) is 27.7 Å². The molecule has 106 valence electrons. The lowest BCUT2D eigenvalue weighted by Gasteiger charge is -2.39. The minimum atomic E-state index is 0.383. The molecule has 0 amide bonds. The fourth-order valence-corrected chi connectivity index (χ4v) is 2.84. The third-order valence-electron chi connectivity index (χ3n) is 3.80. The van der Waals surface area contributed by atoms with Crippen LogP contribution in [0.3, 0.4) is 0 Å². The maximum Gasteiger partial charge on any atom is 0.118 e. The van der Waals surface area contributed by atoms with E-state index in [0.29, 0.717) is 12.1 Å². The summed E-state index contributed by atoms with van der Waals surface area (Å²) in [5, 5.41) is 3.64. The maximum atomic E-state index is 5.23. The second-order valence-corrected chi connectivity index (χ2v) is 5.50. The molecule has 2 rings (SSSR count). The highest BCUT2D eigenvalue weighted by Crippen LogP contribution is 2.25. The van der Waals surface area contributed by atoms with E-state index in [-0.39, 0.29) is 0 Å². The first-order valence-corrected chi connectivity index (χ1v) is 6.84. The highest BCUT2D eigenvalue weighted by molar-refractivity contribution is 5.30. The quantitative estimate of drug-likeness (QED) is 0.883. The highest BCUT2D eigenvalue weighted by atomic mass is 16.5. The third kappa shape index (κ3) is 3.47. The van der Waals surface area contributed by atoms with E-state index >= 15 is 0 Å². The Bertz CT molecular complexity index is 391. The standard InChI is InChI=1S/C15H25N3O/c1-17(2)15(14-11-18(3)10-9-16-14)12-5-7-13(19-4)8-6-12/h5-8,14-16H,9-11H2,1-4H3. The molecule has 19 heavy (non-hydrogen) atoms. The molecular formula is C15H25N3O. The summed E-state index contributed by atoms with van der Waals surface area (Å²) < 4.78 is 5.23. The molecule has 4 nitrogen and oxygen atoms in total. The van der Waals surface area contributed by atoms with Crippen molar-refractivity contribution < 1.29 is 4.74 Å². The van der Waals surface area contributed by atoms with Crippen LogP contribution in [0.15, 0.2) is 24.3 Å². The monoisotopic (exact) mass is 263 g/mol. The van der Waals surface area contributed by atoms with Gasteiger partial charge in [-0.3, -0.25) is 0 Å². The summed E-state index contributed by atoms with van der Waals surface area (Å²) in [5.74, 6) is 0.912. The average Bonchev–Trinajstić information content (AvgIpc) is 2.39. The summed E-state index contributed by atoms with van der Waals surface area (Å²) in [6.07, 6.45) is 0. The van der Waals surface area contributed by atoms with Gasteiger partial charge in [-0.25, -0.2) is 0 Å². The van der Waals surface area contributed by atoms with Crippen LogP contribution in [0.1, 0.15) is 11.6 Å². The van der Waals surface area contributed by atoms with Gasteiger partial charge in [0.15, 0.2) is 0 Å². The van der Waals surface area contributed by atoms with Gasteiger partial charge < -0.3 is 19.9 Å². The Kier molecular flexibility index (Phi) is 4.80. The number of methoxy groups -OCH3 is 1. The molecule has 0 bridgehead atoms. The molecule has 1 fully saturated rings. The number of ether oxygens (including phenoxy) is 1. The molecule has 1 aliphatic heterocycles. The molecule has 0 aliphatic carbocycles. The molecule has 1 saturated heterocycles. The van der Waals surface area contributed by atoms with E-state index in [2.05, 4.69) is 48.4 Å². The first kappa shape index (κ1) is 14.3. The van der Waals surface area contributed by atoms with Gasteiger partial charge in [0.1, 0.15) is 5.75 Å². The number of hydrogen-bond donors (Lipinski definition) is 1. The molecule has 0 aromatic heterocycles. The van der Waals surface area contributed by atoms with Crippen molar-refractivity contribution >= 4 is 0 Å². The van der Waals surface area contributed by atoms with Crippen molar-refractivity contribution in [3.63, 3.8) is 0 Å². The second-order valence-electron chi connectivity index (χ2n) is 5.50. The van der Waals surface area contributed by atoms with Crippen LogP contribution < -0.4 is 10.1 Å². The van der Waals surface area contributed by atoms with Gasteiger partial charge in [0.2, 0.25) is 0 Å². The normalized spacial score (nSPS) is 22.5. The Morgan fingerprint density at radius 3 is 2.53 bits per heavy atom. The zero-order chi connectivity index (χ0) is 13.8. The molecule has 0 saturated carbocycles. The molecule has 0 spiro atoms. The SMILES string of the molecule is COc1ccc(C(C2CN(C)CCN2)N(C)C)cc1. The molecule has 1 heterocycles. The van der Waals surface area contributed by atoms with Gasteiger partial charge in [0.05, 0.1) is 13.2 Å². The van der Waals surface area contributed by atoms with Crippen molar-refractivity contribution in [2.24, 2.45) is 0 Å². The lowest BCUT2D eigenvalue weighted by molar-refractivity contribution is 0.154. The van der Waals surface area contributed by atoms with Crippen LogP contribution in [0.2, 0.25) is 0 Å². The van der Waals surface area contributed by atoms with E-state index in [4.69, 9.17) is 4.74 Å². The molecule has 1 N–H and O–H groups in total. The lowest BCUT2D eigenvalue weighted by atomic mass is 9.96. The minimum absolute atomic E-state index is 0.383. The molecular weight excluding hydrogens is 238 g/mol. The highest BCUT2D eigenvalue weighted by Gasteiger charge is 2.28. The van der Waals surface area contributed by atoms with E-state index in [1.54, 1.807) is 7.11 Å². The number of piperazine rings is 1. The van der Waals surface area contributed by atoms with E-state index in [1.807, 2.05) is 12.1 Å². The molecule has 0 radical (unpaired) electrons. The van der Waals surface area contributed by atoms with Gasteiger partial charge in [0.25, 0.3) is 0 Å². The van der Waals surface area contributed by atoms with Crippen LogP contribution >= 0.6 is 0 Å². The van der Waals surface area contributed by atoms with Crippen LogP contribution in [-0.4, -0.2) is 63.7 Å². The number of rotatable bonds is 4. The Hall–Kier alpha value is -1.10. The Labute approximate surface area is 116 Å². The molecule has 2 unspecified atom stereocenters. The van der Waals surface area contributed by atoms with Crippen LogP contribution in [0, 0.1) is 0 Å². The Balaban J connectivity index is 2.18. The molecule has 1 aromatic carbocycles. The first-order chi connectivity index (χ1) is 9.11. The van der Waals surface area contributed by atoms with E-state index in [0.717, 1.165) is 25.4 Å². The van der Waals surface area contributed by atoms with E-state index < -0.39 is 0 Å². The van der Waals surface area contributed by atoms with Crippen molar-refractivity contribution in [2.75, 3.05) is 47.9 Å². The van der Waals surface area contributed by atoms with Crippen molar-refractivity contribution in [3.8, 4) is 5.75 Å². The predicted molar refractivity (Wildman–Crippen MR) is 78.7 cm³/mol. The number of benzene rings is 1. The van der Waals surface area contributed by atoms with Crippen LogP contribution in [-0.2, 0) is 0 Å². The third-order valence-corrected chi connectivity index (χ3v) is 3.80. The smallest absolute Gasteiger partial charge is 0.118 e. The van der Waals surface area contributed by atoms with Crippen molar-refractivity contribution in [3.05, 3.63) is 29.8 Å². The maximum absolute atomic E-state index is 5.23. The van der Waals surface area contributed by atoms with Gasteiger partial charge >= 0.3 is 0 Å². The summed E-state index contributed by atoms with van der Waals surface area (Å²) in [4.78, 5) is 4.68.